The average molecular weight is 280 g/mol. The number of hydrogen-bond acceptors (Lipinski definition) is 2. The van der Waals surface area contributed by atoms with Crippen LogP contribution in [0, 0.1) is 0 Å². The molecule has 0 saturated heterocycles. The maximum Gasteiger partial charge on any atom is 0.126 e. The van der Waals surface area contributed by atoms with E-state index in [1.807, 2.05) is 42.5 Å². The minimum atomic E-state index is 0.303. The summed E-state index contributed by atoms with van der Waals surface area (Å²) in [5.41, 5.74) is 4.72. The Morgan fingerprint density at radius 1 is 1.10 bits per heavy atom. The largest absolute Gasteiger partial charge is 0.507 e. The van der Waals surface area contributed by atoms with Gasteiger partial charge in [-0.25, -0.2) is 0 Å². The van der Waals surface area contributed by atoms with Crippen molar-refractivity contribution in [2.75, 3.05) is 0 Å². The second kappa shape index (κ2) is 6.04. The number of allylic oxidation sites excluding steroid dienone is 2. The van der Waals surface area contributed by atoms with Crippen LogP contribution in [0.3, 0.4) is 0 Å². The van der Waals surface area contributed by atoms with Gasteiger partial charge >= 0.3 is 0 Å². The highest BCUT2D eigenvalue weighted by molar-refractivity contribution is 5.72. The van der Waals surface area contributed by atoms with Crippen molar-refractivity contribution in [3.63, 3.8) is 0 Å². The first-order valence-electron chi connectivity index (χ1n) is 7.43. The molecule has 1 aliphatic carbocycles. The predicted molar refractivity (Wildman–Crippen MR) is 85.3 cm³/mol. The summed E-state index contributed by atoms with van der Waals surface area (Å²) in [5, 5.41) is 10.2. The second-order valence-electron chi connectivity index (χ2n) is 5.54. The Kier molecular flexibility index (Phi) is 3.96. The van der Waals surface area contributed by atoms with E-state index in [2.05, 4.69) is 6.92 Å². The fourth-order valence-corrected chi connectivity index (χ4v) is 2.58. The van der Waals surface area contributed by atoms with Gasteiger partial charge in [0, 0.05) is 11.6 Å². The maximum atomic E-state index is 10.2. The molecule has 0 aliphatic heterocycles. The maximum absolute atomic E-state index is 10.2. The molecule has 1 N–H and O–H groups in total. The normalized spacial score (nSPS) is 13.7. The molecular formula is C19H20O2. The Hall–Kier alpha value is -2.22. The van der Waals surface area contributed by atoms with Gasteiger partial charge in [0.25, 0.3) is 0 Å². The Labute approximate surface area is 125 Å². The second-order valence-corrected chi connectivity index (χ2v) is 5.54. The highest BCUT2D eigenvalue weighted by Gasteiger charge is 2.15. The first-order chi connectivity index (χ1) is 10.2. The van der Waals surface area contributed by atoms with E-state index in [1.54, 1.807) is 6.07 Å². The number of phenols is 1. The smallest absolute Gasteiger partial charge is 0.126 e. The first-order valence-corrected chi connectivity index (χ1v) is 7.43. The molecule has 2 aromatic rings. The van der Waals surface area contributed by atoms with Crippen molar-refractivity contribution in [3.05, 3.63) is 65.2 Å². The van der Waals surface area contributed by atoms with Gasteiger partial charge in [-0.05, 0) is 49.5 Å². The summed E-state index contributed by atoms with van der Waals surface area (Å²) in [7, 11) is 0. The van der Waals surface area contributed by atoms with E-state index in [0.29, 0.717) is 18.1 Å². The van der Waals surface area contributed by atoms with Crippen LogP contribution in [-0.2, 0) is 6.61 Å². The third kappa shape index (κ3) is 3.10. The minimum absolute atomic E-state index is 0.303. The lowest BCUT2D eigenvalue weighted by Gasteiger charge is -2.21. The molecule has 0 aromatic heterocycles. The summed E-state index contributed by atoms with van der Waals surface area (Å²) in [5.74, 6) is 1.00. The van der Waals surface area contributed by atoms with Gasteiger partial charge in [-0.15, -0.1) is 0 Å². The monoisotopic (exact) mass is 280 g/mol. The van der Waals surface area contributed by atoms with Crippen LogP contribution in [-0.4, -0.2) is 5.11 Å². The molecule has 0 atom stereocenters. The lowest BCUT2D eigenvalue weighted by Crippen LogP contribution is -2.00. The molecule has 1 fully saturated rings. The van der Waals surface area contributed by atoms with E-state index >= 15 is 0 Å². The van der Waals surface area contributed by atoms with Gasteiger partial charge in [-0.1, -0.05) is 35.9 Å². The standard InChI is InChI=1S/C19H20O2/c1-14(16-8-5-9-16)18-11-10-17(12-19(18)20)21-13-15-6-3-2-4-7-15/h2-4,6-7,10-12,20H,5,8-9,13H2,1H3. The summed E-state index contributed by atoms with van der Waals surface area (Å²) >= 11 is 0. The molecule has 0 heterocycles. The molecule has 2 heteroatoms. The van der Waals surface area contributed by atoms with Crippen molar-refractivity contribution in [2.45, 2.75) is 32.8 Å². The molecule has 0 radical (unpaired) electrons. The van der Waals surface area contributed by atoms with Crippen LogP contribution in [0.25, 0.3) is 5.57 Å². The van der Waals surface area contributed by atoms with E-state index in [0.717, 1.165) is 24.0 Å². The molecule has 21 heavy (non-hydrogen) atoms. The molecule has 1 aliphatic rings. The molecule has 2 nitrogen and oxygen atoms in total. The Morgan fingerprint density at radius 2 is 1.86 bits per heavy atom. The van der Waals surface area contributed by atoms with Gasteiger partial charge < -0.3 is 9.84 Å². The zero-order valence-electron chi connectivity index (χ0n) is 12.3. The number of phenolic OH excluding ortho intramolecular Hbond substituents is 1. The number of rotatable bonds is 4. The third-order valence-corrected chi connectivity index (χ3v) is 4.11. The van der Waals surface area contributed by atoms with Gasteiger partial charge in [0.15, 0.2) is 0 Å². The molecule has 0 spiro atoms. The minimum Gasteiger partial charge on any atom is -0.507 e. The number of ether oxygens (including phenoxy) is 1. The highest BCUT2D eigenvalue weighted by Crippen LogP contribution is 2.37. The molecule has 3 rings (SSSR count). The van der Waals surface area contributed by atoms with E-state index in [9.17, 15) is 5.11 Å². The summed E-state index contributed by atoms with van der Waals surface area (Å²) in [6.07, 6.45) is 3.60. The Balaban J connectivity index is 1.72. The van der Waals surface area contributed by atoms with Crippen molar-refractivity contribution < 1.29 is 9.84 Å². The summed E-state index contributed by atoms with van der Waals surface area (Å²) in [4.78, 5) is 0. The topological polar surface area (TPSA) is 29.5 Å². The van der Waals surface area contributed by atoms with Crippen molar-refractivity contribution >= 4 is 5.57 Å². The van der Waals surface area contributed by atoms with E-state index in [4.69, 9.17) is 4.74 Å². The third-order valence-electron chi connectivity index (χ3n) is 4.11. The van der Waals surface area contributed by atoms with Crippen LogP contribution >= 0.6 is 0 Å². The van der Waals surface area contributed by atoms with Crippen molar-refractivity contribution in [1.29, 1.82) is 0 Å². The predicted octanol–water partition coefficient (Wildman–Crippen LogP) is 4.93. The zero-order valence-corrected chi connectivity index (χ0v) is 12.3. The van der Waals surface area contributed by atoms with Crippen molar-refractivity contribution in [3.8, 4) is 11.5 Å². The lowest BCUT2D eigenvalue weighted by atomic mass is 9.86. The van der Waals surface area contributed by atoms with Crippen LogP contribution in [0.2, 0.25) is 0 Å². The first kappa shape index (κ1) is 13.7. The average Bonchev–Trinajstić information content (AvgIpc) is 2.44. The Morgan fingerprint density at radius 3 is 2.48 bits per heavy atom. The molecule has 0 unspecified atom stereocenters. The van der Waals surface area contributed by atoms with Gasteiger partial charge in [-0.3, -0.25) is 0 Å². The Bertz CT molecular complexity index is 651. The van der Waals surface area contributed by atoms with Crippen LogP contribution < -0.4 is 4.74 Å². The molecule has 0 amide bonds. The zero-order chi connectivity index (χ0) is 14.7. The molecule has 108 valence electrons. The van der Waals surface area contributed by atoms with Crippen LogP contribution in [0.5, 0.6) is 11.5 Å². The van der Waals surface area contributed by atoms with Crippen molar-refractivity contribution in [2.24, 2.45) is 0 Å². The molecule has 1 saturated carbocycles. The molecule has 2 aromatic carbocycles. The highest BCUT2D eigenvalue weighted by atomic mass is 16.5. The van der Waals surface area contributed by atoms with Crippen LogP contribution in [0.4, 0.5) is 0 Å². The quantitative estimate of drug-likeness (QED) is 0.860. The lowest BCUT2D eigenvalue weighted by molar-refractivity contribution is 0.304. The van der Waals surface area contributed by atoms with Crippen LogP contribution in [0.1, 0.15) is 37.3 Å². The van der Waals surface area contributed by atoms with Gasteiger partial charge in [-0.2, -0.15) is 0 Å². The fraction of sp³-hybridized carbons (Fsp3) is 0.263. The molecule has 0 bridgehead atoms. The van der Waals surface area contributed by atoms with Gasteiger partial charge in [0.2, 0.25) is 0 Å². The number of benzene rings is 2. The van der Waals surface area contributed by atoms with Crippen LogP contribution in [0.15, 0.2) is 54.1 Å². The number of hydrogen-bond donors (Lipinski definition) is 1. The van der Waals surface area contributed by atoms with Gasteiger partial charge in [0.05, 0.1) is 0 Å². The summed E-state index contributed by atoms with van der Waals surface area (Å²) < 4.78 is 5.73. The fourth-order valence-electron chi connectivity index (χ4n) is 2.58. The SMILES string of the molecule is CC(=C1CCC1)c1ccc(OCc2ccccc2)cc1O. The van der Waals surface area contributed by atoms with Gasteiger partial charge in [0.1, 0.15) is 18.1 Å². The van der Waals surface area contributed by atoms with Crippen molar-refractivity contribution in [1.82, 2.24) is 0 Å². The van der Waals surface area contributed by atoms with E-state index in [1.165, 1.54) is 17.6 Å². The number of aromatic hydroxyl groups is 1. The van der Waals surface area contributed by atoms with E-state index < -0.39 is 0 Å². The summed E-state index contributed by atoms with van der Waals surface area (Å²) in [6.45, 7) is 2.60. The van der Waals surface area contributed by atoms with E-state index in [-0.39, 0.29) is 0 Å². The molecular weight excluding hydrogens is 260 g/mol. The summed E-state index contributed by atoms with van der Waals surface area (Å²) in [6, 6.07) is 15.6.